The third-order valence-electron chi connectivity index (χ3n) is 6.50. The Balaban J connectivity index is 5.96. The van der Waals surface area contributed by atoms with E-state index >= 15 is 0 Å². The van der Waals surface area contributed by atoms with Gasteiger partial charge in [0, 0.05) is 11.3 Å². The first-order chi connectivity index (χ1) is 13.7. The molecule has 0 bridgehead atoms. The van der Waals surface area contributed by atoms with Crippen molar-refractivity contribution in [3.05, 3.63) is 12.7 Å². The van der Waals surface area contributed by atoms with Crippen molar-refractivity contribution in [2.75, 3.05) is 0 Å². The fourth-order valence-electron chi connectivity index (χ4n) is 3.31. The summed E-state index contributed by atoms with van der Waals surface area (Å²) in [7, 11) is -2.28. The van der Waals surface area contributed by atoms with E-state index < -0.39 is 37.5 Å². The molecule has 5 nitrogen and oxygen atoms in total. The van der Waals surface area contributed by atoms with Crippen LogP contribution in [0.15, 0.2) is 12.7 Å². The lowest BCUT2D eigenvalue weighted by Crippen LogP contribution is -2.53. The molecule has 4 atom stereocenters. The molecule has 31 heavy (non-hydrogen) atoms. The molecule has 0 aliphatic rings. The van der Waals surface area contributed by atoms with Crippen LogP contribution in [0.4, 0.5) is 0 Å². The number of rotatable bonds is 11. The summed E-state index contributed by atoms with van der Waals surface area (Å²) in [6, 6.07) is 0. The molecule has 0 aliphatic carbocycles. The van der Waals surface area contributed by atoms with E-state index in [-0.39, 0.29) is 29.1 Å². The summed E-state index contributed by atoms with van der Waals surface area (Å²) in [6.45, 7) is 27.1. The van der Waals surface area contributed by atoms with Crippen molar-refractivity contribution in [1.29, 1.82) is 0 Å². The second-order valence-corrected chi connectivity index (χ2v) is 16.8. The number of aliphatic hydroxyl groups is 1. The molecule has 1 N–H and O–H groups in total. The first-order valence-corrected chi connectivity index (χ1v) is 14.3. The Morgan fingerprint density at radius 3 is 1.90 bits per heavy atom. The van der Waals surface area contributed by atoms with Gasteiger partial charge in [-0.05, 0) is 51.2 Å². The molecule has 0 amide bonds. The first-order valence-electron chi connectivity index (χ1n) is 11.4. The van der Waals surface area contributed by atoms with Crippen molar-refractivity contribution in [2.24, 2.45) is 17.3 Å². The lowest BCUT2D eigenvalue weighted by atomic mass is 9.73. The van der Waals surface area contributed by atoms with Gasteiger partial charge < -0.3 is 14.3 Å². The van der Waals surface area contributed by atoms with E-state index in [1.54, 1.807) is 13.0 Å². The topological polar surface area (TPSA) is 72.8 Å². The molecule has 0 aromatic rings. The van der Waals surface area contributed by atoms with E-state index in [0.29, 0.717) is 6.42 Å². The van der Waals surface area contributed by atoms with Crippen LogP contribution < -0.4 is 0 Å². The SMILES string of the molecule is C=CC[C@H](C)[C@@H](O)[C@H](C)C(=O)C(C)(C)[C@@H](CC(=O)OC(C)(C)C)O[Si](C)(C)C(C)(C)C. The average molecular weight is 457 g/mol. The molecule has 0 aromatic heterocycles. The number of hydrogen-bond donors (Lipinski definition) is 1. The Labute approximate surface area is 192 Å². The summed E-state index contributed by atoms with van der Waals surface area (Å²) in [6.07, 6.45) is 0.941. The summed E-state index contributed by atoms with van der Waals surface area (Å²) in [5.41, 5.74) is -1.59. The maximum atomic E-state index is 13.6. The zero-order valence-corrected chi connectivity index (χ0v) is 23.1. The Kier molecular flexibility index (Phi) is 10.4. The van der Waals surface area contributed by atoms with Crippen LogP contribution in [0.25, 0.3) is 0 Å². The van der Waals surface area contributed by atoms with Crippen LogP contribution in [0.3, 0.4) is 0 Å². The normalized spacial score (nSPS) is 17.5. The standard InChI is InChI=1S/C25H48O5Si/c1-14-15-17(2)21(27)18(3)22(28)25(10,11)19(16-20(26)29-23(4,5)6)30-31(12,13)24(7,8)9/h14,17-19,21,27H,1,15-16H2,2-13H3/t17-,18-,19+,21+/m0/s1. The quantitative estimate of drug-likeness (QED) is 0.237. The molecule has 0 spiro atoms. The van der Waals surface area contributed by atoms with Gasteiger partial charge in [0.25, 0.3) is 0 Å². The number of Topliss-reactive ketones (excluding diaryl/α,β-unsaturated/α-hetero) is 1. The fraction of sp³-hybridized carbons (Fsp3) is 0.840. The fourth-order valence-corrected chi connectivity index (χ4v) is 4.75. The zero-order valence-electron chi connectivity index (χ0n) is 22.1. The Hall–Kier alpha value is -0.983. The van der Waals surface area contributed by atoms with Gasteiger partial charge in [-0.2, -0.15) is 0 Å². The van der Waals surface area contributed by atoms with Crippen LogP contribution in [0, 0.1) is 17.3 Å². The molecule has 0 radical (unpaired) electrons. The van der Waals surface area contributed by atoms with E-state index in [1.807, 2.05) is 41.5 Å². The summed E-state index contributed by atoms with van der Waals surface area (Å²) in [5, 5.41) is 10.7. The highest BCUT2D eigenvalue weighted by molar-refractivity contribution is 6.74. The van der Waals surface area contributed by atoms with Gasteiger partial charge in [-0.1, -0.05) is 54.5 Å². The highest BCUT2D eigenvalue weighted by atomic mass is 28.4. The maximum absolute atomic E-state index is 13.6. The Morgan fingerprint density at radius 2 is 1.52 bits per heavy atom. The number of ketones is 1. The third-order valence-corrected chi connectivity index (χ3v) is 11.0. The number of esters is 1. The molecular weight excluding hydrogens is 408 g/mol. The van der Waals surface area contributed by atoms with Crippen LogP contribution in [0.1, 0.15) is 82.1 Å². The second kappa shape index (κ2) is 10.8. The smallest absolute Gasteiger partial charge is 0.308 e. The van der Waals surface area contributed by atoms with Gasteiger partial charge in [-0.15, -0.1) is 6.58 Å². The van der Waals surface area contributed by atoms with E-state index in [4.69, 9.17) is 9.16 Å². The number of carbonyl (C=O) groups is 2. The highest BCUT2D eigenvalue weighted by Gasteiger charge is 2.48. The summed E-state index contributed by atoms with van der Waals surface area (Å²) in [5.74, 6) is -1.17. The molecule has 0 aromatic carbocycles. The Bertz CT molecular complexity index is 625. The van der Waals surface area contributed by atoms with Gasteiger partial charge in [0.15, 0.2) is 8.32 Å². The third kappa shape index (κ3) is 8.82. The first kappa shape index (κ1) is 30.0. The minimum atomic E-state index is -2.28. The highest BCUT2D eigenvalue weighted by Crippen LogP contribution is 2.42. The zero-order chi connectivity index (χ0) is 25.0. The summed E-state index contributed by atoms with van der Waals surface area (Å²) < 4.78 is 12.2. The predicted molar refractivity (Wildman–Crippen MR) is 130 cm³/mol. The molecule has 0 aliphatic heterocycles. The van der Waals surface area contributed by atoms with Crippen molar-refractivity contribution < 1.29 is 23.9 Å². The molecule has 0 rings (SSSR count). The lowest BCUT2D eigenvalue weighted by Gasteiger charge is -2.44. The average Bonchev–Trinajstić information content (AvgIpc) is 2.56. The molecule has 0 fully saturated rings. The number of aliphatic hydroxyl groups excluding tert-OH is 1. The van der Waals surface area contributed by atoms with Crippen molar-refractivity contribution in [2.45, 2.75) is 118 Å². The van der Waals surface area contributed by atoms with Crippen molar-refractivity contribution in [1.82, 2.24) is 0 Å². The minimum absolute atomic E-state index is 0.00640. The number of ether oxygens (including phenoxy) is 1. The van der Waals surface area contributed by atoms with Crippen LogP contribution in [-0.4, -0.2) is 43.0 Å². The molecule has 0 unspecified atom stereocenters. The van der Waals surface area contributed by atoms with Crippen molar-refractivity contribution in [3.8, 4) is 0 Å². The van der Waals surface area contributed by atoms with E-state index in [1.165, 1.54) is 0 Å². The molecule has 0 saturated carbocycles. The second-order valence-electron chi connectivity index (χ2n) is 12.0. The van der Waals surface area contributed by atoms with E-state index in [2.05, 4.69) is 40.4 Å². The van der Waals surface area contributed by atoms with Crippen LogP contribution in [0.2, 0.25) is 18.1 Å². The molecule has 0 saturated heterocycles. The van der Waals surface area contributed by atoms with Crippen molar-refractivity contribution in [3.63, 3.8) is 0 Å². The van der Waals surface area contributed by atoms with Gasteiger partial charge in [0.05, 0.1) is 18.6 Å². The van der Waals surface area contributed by atoms with Crippen LogP contribution >= 0.6 is 0 Å². The summed E-state index contributed by atoms with van der Waals surface area (Å²) in [4.78, 5) is 26.3. The molecular formula is C25H48O5Si. The van der Waals surface area contributed by atoms with Crippen LogP contribution in [0.5, 0.6) is 0 Å². The van der Waals surface area contributed by atoms with E-state index in [0.717, 1.165) is 0 Å². The number of carbonyl (C=O) groups excluding carboxylic acids is 2. The van der Waals surface area contributed by atoms with Crippen LogP contribution in [-0.2, 0) is 18.8 Å². The lowest BCUT2D eigenvalue weighted by molar-refractivity contribution is -0.159. The molecule has 0 heterocycles. The monoisotopic (exact) mass is 456 g/mol. The molecule has 182 valence electrons. The maximum Gasteiger partial charge on any atom is 0.308 e. The molecule has 6 heteroatoms. The van der Waals surface area contributed by atoms with Gasteiger partial charge in [0.2, 0.25) is 0 Å². The Morgan fingerprint density at radius 1 is 1.03 bits per heavy atom. The van der Waals surface area contributed by atoms with Gasteiger partial charge in [-0.3, -0.25) is 9.59 Å². The minimum Gasteiger partial charge on any atom is -0.460 e. The van der Waals surface area contributed by atoms with Crippen molar-refractivity contribution >= 4 is 20.1 Å². The predicted octanol–water partition coefficient (Wildman–Crippen LogP) is 5.91. The van der Waals surface area contributed by atoms with Gasteiger partial charge >= 0.3 is 5.97 Å². The van der Waals surface area contributed by atoms with Gasteiger partial charge in [0.1, 0.15) is 11.4 Å². The summed E-state index contributed by atoms with van der Waals surface area (Å²) >= 11 is 0. The number of hydrogen-bond acceptors (Lipinski definition) is 5. The van der Waals surface area contributed by atoms with Gasteiger partial charge in [-0.25, -0.2) is 0 Å². The largest absolute Gasteiger partial charge is 0.460 e. The van der Waals surface area contributed by atoms with E-state index in [9.17, 15) is 14.7 Å². The number of allylic oxidation sites excluding steroid dienone is 1.